The van der Waals surface area contributed by atoms with E-state index >= 15 is 0 Å². The summed E-state index contributed by atoms with van der Waals surface area (Å²) in [5.41, 5.74) is 3.41. The summed E-state index contributed by atoms with van der Waals surface area (Å²) in [6.07, 6.45) is 20.4. The molecule has 2 heterocycles. The van der Waals surface area contributed by atoms with Crippen LogP contribution in [0.25, 0.3) is 0 Å². The number of benzene rings is 1. The maximum absolute atomic E-state index is 5.78. The average molecular weight is 517 g/mol. The highest BCUT2D eigenvalue weighted by Gasteiger charge is 2.15. The molecule has 0 fully saturated rings. The van der Waals surface area contributed by atoms with Crippen molar-refractivity contribution in [1.82, 2.24) is 30.0 Å². The van der Waals surface area contributed by atoms with E-state index in [9.17, 15) is 0 Å². The Hall–Kier alpha value is -4.02. The fraction of sp³-hybridized carbons (Fsp3) is 0.357. The van der Waals surface area contributed by atoms with E-state index in [1.54, 1.807) is 23.6 Å². The zero-order valence-electron chi connectivity index (χ0n) is 21.6. The average Bonchev–Trinajstić information content (AvgIpc) is 3.74. The summed E-state index contributed by atoms with van der Waals surface area (Å²) in [6, 6.07) is 3.93. The van der Waals surface area contributed by atoms with Crippen LogP contribution in [-0.2, 0) is 35.8 Å². The third kappa shape index (κ3) is 6.64. The number of methoxy groups -OCH3 is 2. The maximum Gasteiger partial charge on any atom is 0.124 e. The van der Waals surface area contributed by atoms with Crippen molar-refractivity contribution >= 4 is 0 Å². The van der Waals surface area contributed by atoms with E-state index in [0.29, 0.717) is 51.4 Å². The van der Waals surface area contributed by atoms with Crippen LogP contribution in [-0.4, -0.2) is 57.4 Å². The Labute approximate surface area is 221 Å². The van der Waals surface area contributed by atoms with E-state index in [1.807, 2.05) is 48.8 Å². The highest BCUT2D eigenvalue weighted by atomic mass is 16.5. The van der Waals surface area contributed by atoms with Gasteiger partial charge in [-0.1, -0.05) is 59.0 Å². The molecule has 10 heteroatoms. The molecule has 0 atom stereocenters. The van der Waals surface area contributed by atoms with Gasteiger partial charge < -0.3 is 18.9 Å². The minimum Gasteiger partial charge on any atom is -0.496 e. The van der Waals surface area contributed by atoms with Crippen LogP contribution in [0.3, 0.4) is 0 Å². The monoisotopic (exact) mass is 516 g/mol. The summed E-state index contributed by atoms with van der Waals surface area (Å²) in [6.45, 7) is 3.05. The normalized spacial score (nSPS) is 14.8. The van der Waals surface area contributed by atoms with Crippen LogP contribution in [0.1, 0.15) is 22.5 Å². The zero-order chi connectivity index (χ0) is 26.2. The topological polar surface area (TPSA) is 98.3 Å². The van der Waals surface area contributed by atoms with Crippen molar-refractivity contribution in [3.8, 4) is 11.5 Å². The Morgan fingerprint density at radius 3 is 1.47 bits per heavy atom. The lowest BCUT2D eigenvalue weighted by Gasteiger charge is -2.15. The van der Waals surface area contributed by atoms with E-state index in [4.69, 9.17) is 18.9 Å². The van der Waals surface area contributed by atoms with Crippen molar-refractivity contribution in [2.24, 2.45) is 11.8 Å². The van der Waals surface area contributed by atoms with Gasteiger partial charge in [0.1, 0.15) is 22.9 Å². The molecule has 0 aliphatic heterocycles. The first-order valence-corrected chi connectivity index (χ1v) is 12.6. The summed E-state index contributed by atoms with van der Waals surface area (Å²) in [7, 11) is 3.31. The van der Waals surface area contributed by atoms with E-state index < -0.39 is 0 Å². The van der Waals surface area contributed by atoms with E-state index in [-0.39, 0.29) is 0 Å². The van der Waals surface area contributed by atoms with Crippen LogP contribution in [0, 0.1) is 11.8 Å². The van der Waals surface area contributed by atoms with Gasteiger partial charge in [0.25, 0.3) is 0 Å². The SMILES string of the molecule is COc1cc(Cn2cc(COCC3C=CC=C3)nn2)c(OC)cc1Cn1cc(COCC2C=CC=C2)nn1. The number of aromatic nitrogens is 6. The second-order valence-corrected chi connectivity index (χ2v) is 9.19. The molecular formula is C28H32N6O4. The molecule has 198 valence electrons. The predicted octanol–water partition coefficient (Wildman–Crippen LogP) is 3.50. The number of ether oxygens (including phenoxy) is 4. The number of hydrogen-bond donors (Lipinski definition) is 0. The van der Waals surface area contributed by atoms with Crippen LogP contribution in [0.5, 0.6) is 11.5 Å². The Morgan fingerprint density at radius 1 is 0.658 bits per heavy atom. The van der Waals surface area contributed by atoms with Gasteiger partial charge >= 0.3 is 0 Å². The third-order valence-electron chi connectivity index (χ3n) is 6.30. The van der Waals surface area contributed by atoms with E-state index in [2.05, 4.69) is 44.9 Å². The molecule has 0 radical (unpaired) electrons. The Morgan fingerprint density at radius 2 is 1.08 bits per heavy atom. The van der Waals surface area contributed by atoms with Crippen molar-refractivity contribution < 1.29 is 18.9 Å². The molecule has 0 saturated carbocycles. The Kier molecular flexibility index (Phi) is 8.42. The van der Waals surface area contributed by atoms with Gasteiger partial charge in [0.2, 0.25) is 0 Å². The summed E-state index contributed by atoms with van der Waals surface area (Å²) in [5, 5.41) is 17.0. The molecule has 0 N–H and O–H groups in total. The first-order chi connectivity index (χ1) is 18.7. The van der Waals surface area contributed by atoms with Crippen molar-refractivity contribution in [1.29, 1.82) is 0 Å². The van der Waals surface area contributed by atoms with Crippen LogP contribution < -0.4 is 9.47 Å². The minimum atomic E-state index is 0.328. The van der Waals surface area contributed by atoms with Crippen LogP contribution in [0.2, 0.25) is 0 Å². The molecule has 2 aliphatic rings. The molecule has 0 amide bonds. The van der Waals surface area contributed by atoms with Gasteiger partial charge in [-0.3, -0.25) is 0 Å². The standard InChI is InChI=1S/C28H32N6O4/c1-35-27-11-24(14-34-16-26(30-32-34)20-38-18-22-9-5-6-10-22)28(36-2)12-23(27)13-33-15-25(29-31-33)19-37-17-21-7-3-4-8-21/h3-12,15-16,21-22H,13-14,17-20H2,1-2H3. The second kappa shape index (κ2) is 12.5. The van der Waals surface area contributed by atoms with Crippen LogP contribution in [0.4, 0.5) is 0 Å². The van der Waals surface area contributed by atoms with Gasteiger partial charge in [-0.05, 0) is 12.1 Å². The number of hydrogen-bond acceptors (Lipinski definition) is 8. The Balaban J connectivity index is 1.19. The maximum atomic E-state index is 5.78. The molecule has 0 spiro atoms. The third-order valence-corrected chi connectivity index (χ3v) is 6.30. The fourth-order valence-corrected chi connectivity index (χ4v) is 4.36. The number of rotatable bonds is 14. The predicted molar refractivity (Wildman–Crippen MR) is 141 cm³/mol. The molecular weight excluding hydrogens is 484 g/mol. The highest BCUT2D eigenvalue weighted by Crippen LogP contribution is 2.30. The lowest BCUT2D eigenvalue weighted by atomic mass is 10.1. The van der Waals surface area contributed by atoms with Gasteiger partial charge in [0.05, 0.1) is 66.1 Å². The molecule has 0 unspecified atom stereocenters. The molecule has 3 aromatic rings. The zero-order valence-corrected chi connectivity index (χ0v) is 21.6. The second-order valence-electron chi connectivity index (χ2n) is 9.19. The van der Waals surface area contributed by atoms with Gasteiger partial charge in [-0.2, -0.15) is 0 Å². The first kappa shape index (κ1) is 25.6. The number of nitrogens with zero attached hydrogens (tertiary/aromatic N) is 6. The van der Waals surface area contributed by atoms with Crippen molar-refractivity contribution in [2.75, 3.05) is 27.4 Å². The summed E-state index contributed by atoms with van der Waals surface area (Å²) < 4.78 is 26.5. The summed E-state index contributed by atoms with van der Waals surface area (Å²) >= 11 is 0. The van der Waals surface area contributed by atoms with E-state index in [1.165, 1.54) is 0 Å². The van der Waals surface area contributed by atoms with Gasteiger partial charge in [0, 0.05) is 23.0 Å². The summed E-state index contributed by atoms with van der Waals surface area (Å²) in [4.78, 5) is 0. The summed E-state index contributed by atoms with van der Waals surface area (Å²) in [5.74, 6) is 2.12. The van der Waals surface area contributed by atoms with Crippen molar-refractivity contribution in [3.63, 3.8) is 0 Å². The van der Waals surface area contributed by atoms with Crippen molar-refractivity contribution in [2.45, 2.75) is 26.3 Å². The molecule has 0 bridgehead atoms. The molecule has 1 aromatic carbocycles. The largest absolute Gasteiger partial charge is 0.496 e. The Bertz CT molecular complexity index is 1210. The molecule has 5 rings (SSSR count). The first-order valence-electron chi connectivity index (χ1n) is 12.6. The molecule has 2 aliphatic carbocycles. The van der Waals surface area contributed by atoms with Crippen molar-refractivity contribution in [3.05, 3.63) is 95.6 Å². The highest BCUT2D eigenvalue weighted by molar-refractivity contribution is 5.46. The lowest BCUT2D eigenvalue weighted by molar-refractivity contribution is 0.108. The molecule has 2 aromatic heterocycles. The van der Waals surface area contributed by atoms with Gasteiger partial charge in [-0.15, -0.1) is 10.2 Å². The quantitative estimate of drug-likeness (QED) is 0.321. The van der Waals surface area contributed by atoms with Gasteiger partial charge in [0.15, 0.2) is 0 Å². The van der Waals surface area contributed by atoms with Gasteiger partial charge in [-0.25, -0.2) is 9.36 Å². The number of allylic oxidation sites excluding steroid dienone is 4. The molecule has 10 nitrogen and oxygen atoms in total. The lowest BCUT2D eigenvalue weighted by Crippen LogP contribution is -2.07. The molecule has 38 heavy (non-hydrogen) atoms. The van der Waals surface area contributed by atoms with Crippen LogP contribution >= 0.6 is 0 Å². The van der Waals surface area contributed by atoms with E-state index in [0.717, 1.165) is 34.0 Å². The minimum absolute atomic E-state index is 0.328. The fourth-order valence-electron chi connectivity index (χ4n) is 4.36. The smallest absolute Gasteiger partial charge is 0.124 e. The molecule has 0 saturated heterocycles. The van der Waals surface area contributed by atoms with Crippen LogP contribution in [0.15, 0.2) is 73.1 Å².